The van der Waals surface area contributed by atoms with Crippen molar-refractivity contribution in [1.82, 2.24) is 24.3 Å². The van der Waals surface area contributed by atoms with Gasteiger partial charge >= 0.3 is 0 Å². The summed E-state index contributed by atoms with van der Waals surface area (Å²) in [5.41, 5.74) is 0.922. The fraction of sp³-hybridized carbons (Fsp3) is 0.0588. The lowest BCUT2D eigenvalue weighted by Crippen LogP contribution is -2.04. The number of hydrogen-bond donors (Lipinski definition) is 1. The van der Waals surface area contributed by atoms with Crippen LogP contribution in [0.2, 0.25) is 0 Å². The maximum Gasteiger partial charge on any atom is 0.251 e. The predicted molar refractivity (Wildman–Crippen MR) is 84.8 cm³/mol. The first-order chi connectivity index (χ1) is 12.5. The molecule has 1 N–H and O–H groups in total. The molecule has 0 aliphatic carbocycles. The summed E-state index contributed by atoms with van der Waals surface area (Å²) in [7, 11) is 0. The number of rotatable bonds is 3. The summed E-state index contributed by atoms with van der Waals surface area (Å²) in [6, 6.07) is 6.12. The highest BCUT2D eigenvalue weighted by Gasteiger charge is 2.16. The molecule has 3 aromatic heterocycles. The first kappa shape index (κ1) is 16.0. The maximum absolute atomic E-state index is 14.0. The van der Waals surface area contributed by atoms with Gasteiger partial charge in [0.15, 0.2) is 11.5 Å². The zero-order valence-corrected chi connectivity index (χ0v) is 13.1. The van der Waals surface area contributed by atoms with E-state index in [2.05, 4.69) is 19.9 Å². The van der Waals surface area contributed by atoms with Crippen LogP contribution in [0.3, 0.4) is 0 Å². The fourth-order valence-electron chi connectivity index (χ4n) is 2.55. The van der Waals surface area contributed by atoms with Gasteiger partial charge in [-0.3, -0.25) is 4.40 Å². The van der Waals surface area contributed by atoms with Crippen LogP contribution in [0.25, 0.3) is 17.2 Å². The summed E-state index contributed by atoms with van der Waals surface area (Å²) in [4.78, 5) is 15.6. The molecule has 4 aromatic rings. The molecule has 0 fully saturated rings. The first-order valence-corrected chi connectivity index (χ1v) is 7.50. The van der Waals surface area contributed by atoms with Crippen molar-refractivity contribution in [2.45, 2.75) is 6.42 Å². The van der Waals surface area contributed by atoms with Crippen LogP contribution < -0.4 is 0 Å². The van der Waals surface area contributed by atoms with Crippen molar-refractivity contribution in [3.05, 3.63) is 71.7 Å². The molecule has 1 aromatic carbocycles. The minimum absolute atomic E-state index is 0.0492. The van der Waals surface area contributed by atoms with Crippen LogP contribution in [0, 0.1) is 17.6 Å². The van der Waals surface area contributed by atoms with Gasteiger partial charge < -0.3 is 5.11 Å². The average Bonchev–Trinajstić information content (AvgIpc) is 3.01. The lowest BCUT2D eigenvalue weighted by molar-refractivity contribution is 0.409. The molecule has 0 atom stereocenters. The third kappa shape index (κ3) is 2.73. The summed E-state index contributed by atoms with van der Waals surface area (Å²) in [5, 5.41) is 9.43. The molecule has 0 saturated carbocycles. The second kappa shape index (κ2) is 6.10. The van der Waals surface area contributed by atoms with E-state index in [1.54, 1.807) is 18.2 Å². The third-order valence-electron chi connectivity index (χ3n) is 3.79. The summed E-state index contributed by atoms with van der Waals surface area (Å²) in [6.07, 6.45) is 3.11. The molecule has 0 unspecified atom stereocenters. The largest absolute Gasteiger partial charge is 0.491 e. The fourth-order valence-corrected chi connectivity index (χ4v) is 2.55. The molecule has 0 bridgehead atoms. The topological polar surface area (TPSA) is 76.2 Å². The SMILES string of the molecule is Oc1nc(-c2cn3c(F)cnc3c(Cc3ccccc3F)n2)ncc1F. The lowest BCUT2D eigenvalue weighted by Gasteiger charge is -2.08. The minimum atomic E-state index is -0.991. The van der Waals surface area contributed by atoms with Gasteiger partial charge in [-0.15, -0.1) is 0 Å². The second-order valence-corrected chi connectivity index (χ2v) is 5.48. The van der Waals surface area contributed by atoms with Gasteiger partial charge in [-0.25, -0.2) is 19.3 Å². The zero-order valence-electron chi connectivity index (χ0n) is 13.1. The van der Waals surface area contributed by atoms with Crippen molar-refractivity contribution in [2.75, 3.05) is 0 Å². The van der Waals surface area contributed by atoms with Gasteiger partial charge in [0.1, 0.15) is 11.5 Å². The van der Waals surface area contributed by atoms with Crippen LogP contribution in [0.5, 0.6) is 5.88 Å². The van der Waals surface area contributed by atoms with Crippen molar-refractivity contribution >= 4 is 5.65 Å². The van der Waals surface area contributed by atoms with Crippen molar-refractivity contribution in [1.29, 1.82) is 0 Å². The van der Waals surface area contributed by atoms with E-state index in [1.807, 2.05) is 0 Å². The summed E-state index contributed by atoms with van der Waals surface area (Å²) in [6.45, 7) is 0. The first-order valence-electron chi connectivity index (χ1n) is 7.50. The molecule has 0 amide bonds. The Labute approximate surface area is 144 Å². The molecule has 6 nitrogen and oxygen atoms in total. The molecule has 0 saturated heterocycles. The van der Waals surface area contributed by atoms with Gasteiger partial charge in [-0.1, -0.05) is 18.2 Å². The molecule has 0 aliphatic heterocycles. The number of aromatic nitrogens is 5. The highest BCUT2D eigenvalue weighted by molar-refractivity contribution is 5.56. The zero-order chi connectivity index (χ0) is 18.3. The molecule has 130 valence electrons. The molecular weight excluding hydrogens is 347 g/mol. The van der Waals surface area contributed by atoms with Crippen molar-refractivity contribution in [3.8, 4) is 17.4 Å². The van der Waals surface area contributed by atoms with Crippen LogP contribution in [-0.2, 0) is 6.42 Å². The molecule has 26 heavy (non-hydrogen) atoms. The number of imidazole rings is 1. The van der Waals surface area contributed by atoms with Gasteiger partial charge in [0.05, 0.1) is 18.1 Å². The van der Waals surface area contributed by atoms with E-state index < -0.39 is 23.5 Å². The normalized spacial score (nSPS) is 11.2. The minimum Gasteiger partial charge on any atom is -0.491 e. The van der Waals surface area contributed by atoms with Gasteiger partial charge in [-0.2, -0.15) is 13.8 Å². The Morgan fingerprint density at radius 3 is 2.54 bits per heavy atom. The van der Waals surface area contributed by atoms with Crippen molar-refractivity contribution in [2.24, 2.45) is 0 Å². The molecule has 3 heterocycles. The summed E-state index contributed by atoms with van der Waals surface area (Å²) >= 11 is 0. The molecule has 0 spiro atoms. The van der Waals surface area contributed by atoms with Crippen molar-refractivity contribution < 1.29 is 18.3 Å². The molecule has 9 heteroatoms. The Bertz CT molecular complexity index is 1130. The van der Waals surface area contributed by atoms with E-state index in [1.165, 1.54) is 12.3 Å². The lowest BCUT2D eigenvalue weighted by atomic mass is 10.1. The molecule has 0 radical (unpaired) electrons. The molecule has 4 rings (SSSR count). The number of aromatic hydroxyl groups is 1. The standard InChI is InChI=1S/C17H10F3N5O/c18-10-4-2-1-3-9(10)5-12-16-22-7-14(20)25(16)8-13(23-12)15-21-6-11(19)17(26)24-15/h1-4,6-8H,5H2,(H,21,24,26). The van der Waals surface area contributed by atoms with Crippen molar-refractivity contribution in [3.63, 3.8) is 0 Å². The molecular formula is C17H10F3N5O. The number of benzene rings is 1. The third-order valence-corrected chi connectivity index (χ3v) is 3.79. The number of nitrogens with zero attached hydrogens (tertiary/aromatic N) is 5. The number of fused-ring (bicyclic) bond motifs is 1. The van der Waals surface area contributed by atoms with E-state index in [-0.39, 0.29) is 29.3 Å². The van der Waals surface area contributed by atoms with Crippen LogP contribution in [0.1, 0.15) is 11.3 Å². The van der Waals surface area contributed by atoms with E-state index in [0.717, 1.165) is 16.8 Å². The second-order valence-electron chi connectivity index (χ2n) is 5.48. The van der Waals surface area contributed by atoms with Crippen LogP contribution in [0.4, 0.5) is 13.2 Å². The van der Waals surface area contributed by atoms with E-state index in [0.29, 0.717) is 5.56 Å². The Hall–Kier alpha value is -3.49. The average molecular weight is 357 g/mol. The van der Waals surface area contributed by atoms with E-state index >= 15 is 0 Å². The van der Waals surface area contributed by atoms with Gasteiger partial charge in [-0.05, 0) is 11.6 Å². The Morgan fingerprint density at radius 1 is 0.962 bits per heavy atom. The van der Waals surface area contributed by atoms with Gasteiger partial charge in [0.25, 0.3) is 5.88 Å². The molecule has 0 aliphatic rings. The monoisotopic (exact) mass is 357 g/mol. The Morgan fingerprint density at radius 2 is 1.77 bits per heavy atom. The van der Waals surface area contributed by atoms with Crippen LogP contribution >= 0.6 is 0 Å². The van der Waals surface area contributed by atoms with Crippen LogP contribution in [0.15, 0.2) is 42.9 Å². The predicted octanol–water partition coefficient (Wildman–Crippen LogP) is 2.90. The Balaban J connectivity index is 1.89. The summed E-state index contributed by atoms with van der Waals surface area (Å²) < 4.78 is 42.3. The van der Waals surface area contributed by atoms with Gasteiger partial charge in [0.2, 0.25) is 11.8 Å². The smallest absolute Gasteiger partial charge is 0.251 e. The highest BCUT2D eigenvalue weighted by atomic mass is 19.1. The van der Waals surface area contributed by atoms with E-state index in [4.69, 9.17) is 0 Å². The quantitative estimate of drug-likeness (QED) is 0.610. The maximum atomic E-state index is 14.0. The van der Waals surface area contributed by atoms with Gasteiger partial charge in [0, 0.05) is 12.6 Å². The number of halogens is 3. The highest BCUT2D eigenvalue weighted by Crippen LogP contribution is 2.22. The number of hydrogen-bond acceptors (Lipinski definition) is 5. The Kier molecular flexibility index (Phi) is 3.76. The summed E-state index contributed by atoms with van der Waals surface area (Å²) in [5.74, 6) is -3.03. The van der Waals surface area contributed by atoms with Crippen LogP contribution in [-0.4, -0.2) is 29.4 Å². The van der Waals surface area contributed by atoms with E-state index in [9.17, 15) is 18.3 Å².